The van der Waals surface area contributed by atoms with Crippen LogP contribution in [-0.4, -0.2) is 44.7 Å². The molecule has 0 unspecified atom stereocenters. The third kappa shape index (κ3) is 2.15. The van der Waals surface area contributed by atoms with Gasteiger partial charge >= 0.3 is 0 Å². The maximum absolute atomic E-state index is 13.5. The zero-order chi connectivity index (χ0) is 19.3. The lowest BCUT2D eigenvalue weighted by Gasteiger charge is -2.40. The molecule has 2 aromatic heterocycles. The van der Waals surface area contributed by atoms with E-state index in [-0.39, 0.29) is 11.8 Å². The van der Waals surface area contributed by atoms with Gasteiger partial charge in [-0.3, -0.25) is 19.6 Å². The van der Waals surface area contributed by atoms with Crippen molar-refractivity contribution in [2.24, 2.45) is 0 Å². The lowest BCUT2D eigenvalue weighted by atomic mass is 9.90. The fraction of sp³-hybridized carbons (Fsp3) is 0.143. The smallest absolute Gasteiger partial charge is 0.257 e. The summed E-state index contributed by atoms with van der Waals surface area (Å²) >= 11 is 6.10. The molecule has 2 aliphatic rings. The van der Waals surface area contributed by atoms with Crippen LogP contribution in [-0.2, 0) is 5.66 Å². The van der Waals surface area contributed by atoms with Gasteiger partial charge in [-0.1, -0.05) is 23.7 Å². The lowest BCUT2D eigenvalue weighted by molar-refractivity contribution is 0.0374. The minimum Gasteiger partial charge on any atom is -0.306 e. The molecular weight excluding hydrogens is 376 g/mol. The maximum Gasteiger partial charge on any atom is 0.257 e. The SMILES string of the molecule is O=C(c1cccnc1)N1CCN2C(=O)c3ccncc3[C@]12c1ccc(Cl)cc1. The van der Waals surface area contributed by atoms with E-state index in [1.165, 1.54) is 0 Å². The first-order valence-electron chi connectivity index (χ1n) is 8.88. The second kappa shape index (κ2) is 6.14. The highest BCUT2D eigenvalue weighted by Gasteiger charge is 2.59. The Morgan fingerprint density at radius 3 is 2.54 bits per heavy atom. The number of amides is 2. The fourth-order valence-corrected chi connectivity index (χ4v) is 4.38. The Morgan fingerprint density at radius 2 is 1.79 bits per heavy atom. The molecule has 1 saturated heterocycles. The van der Waals surface area contributed by atoms with Crippen LogP contribution in [0.2, 0.25) is 5.02 Å². The summed E-state index contributed by atoms with van der Waals surface area (Å²) in [6.45, 7) is 0.846. The highest BCUT2D eigenvalue weighted by atomic mass is 35.5. The summed E-state index contributed by atoms with van der Waals surface area (Å²) in [4.78, 5) is 38.4. The van der Waals surface area contributed by atoms with Crippen molar-refractivity contribution >= 4 is 23.4 Å². The van der Waals surface area contributed by atoms with Crippen LogP contribution in [0, 0.1) is 0 Å². The molecule has 1 atom stereocenters. The molecule has 4 heterocycles. The Labute approximate surface area is 166 Å². The standard InChI is InChI=1S/C21H15ClN4O2/c22-16-5-3-15(4-6-16)21-18-13-24-9-7-17(18)20(28)26(21)11-10-25(21)19(27)14-2-1-8-23-12-14/h1-9,12-13H,10-11H2/t21-/m1/s1. The molecule has 2 amide bonds. The van der Waals surface area contributed by atoms with E-state index in [2.05, 4.69) is 9.97 Å². The summed E-state index contributed by atoms with van der Waals surface area (Å²) in [6, 6.07) is 12.4. The predicted molar refractivity (Wildman–Crippen MR) is 103 cm³/mol. The number of pyridine rings is 2. The number of rotatable bonds is 2. The zero-order valence-electron chi connectivity index (χ0n) is 14.7. The van der Waals surface area contributed by atoms with Crippen molar-refractivity contribution in [2.75, 3.05) is 13.1 Å². The van der Waals surface area contributed by atoms with Crippen molar-refractivity contribution in [1.82, 2.24) is 19.8 Å². The van der Waals surface area contributed by atoms with Gasteiger partial charge in [-0.25, -0.2) is 0 Å². The molecule has 0 radical (unpaired) electrons. The Bertz CT molecular complexity index is 1090. The number of carbonyl (C=O) groups is 2. The minimum atomic E-state index is -1.04. The molecule has 0 spiro atoms. The van der Waals surface area contributed by atoms with Gasteiger partial charge in [0.25, 0.3) is 11.8 Å². The number of fused-ring (bicyclic) bond motifs is 3. The van der Waals surface area contributed by atoms with Crippen LogP contribution in [0.5, 0.6) is 0 Å². The third-order valence-electron chi connectivity index (χ3n) is 5.40. The van der Waals surface area contributed by atoms with E-state index in [4.69, 9.17) is 11.6 Å². The number of benzene rings is 1. The molecule has 6 nitrogen and oxygen atoms in total. The highest BCUT2D eigenvalue weighted by molar-refractivity contribution is 6.30. The normalized spacial score (nSPS) is 20.2. The molecule has 2 aliphatic heterocycles. The van der Waals surface area contributed by atoms with Crippen molar-refractivity contribution in [3.63, 3.8) is 0 Å². The van der Waals surface area contributed by atoms with E-state index in [0.717, 1.165) is 5.56 Å². The van der Waals surface area contributed by atoms with Crippen molar-refractivity contribution < 1.29 is 9.59 Å². The summed E-state index contributed by atoms with van der Waals surface area (Å²) in [6.07, 6.45) is 6.44. The largest absolute Gasteiger partial charge is 0.306 e. The molecule has 28 heavy (non-hydrogen) atoms. The molecule has 0 bridgehead atoms. The number of hydrogen-bond donors (Lipinski definition) is 0. The van der Waals surface area contributed by atoms with E-state index in [9.17, 15) is 9.59 Å². The number of aromatic nitrogens is 2. The molecule has 138 valence electrons. The average Bonchev–Trinajstić information content (AvgIpc) is 3.25. The van der Waals surface area contributed by atoms with Crippen LogP contribution in [0.15, 0.2) is 67.3 Å². The maximum atomic E-state index is 13.5. The summed E-state index contributed by atoms with van der Waals surface area (Å²) in [5.41, 5.74) is 1.50. The second-order valence-corrected chi connectivity index (χ2v) is 7.19. The zero-order valence-corrected chi connectivity index (χ0v) is 15.5. The molecule has 0 N–H and O–H groups in total. The third-order valence-corrected chi connectivity index (χ3v) is 5.65. The molecule has 0 aliphatic carbocycles. The van der Waals surface area contributed by atoms with Gasteiger partial charge < -0.3 is 9.80 Å². The Balaban J connectivity index is 1.76. The summed E-state index contributed by atoms with van der Waals surface area (Å²) in [5.74, 6) is -0.288. The summed E-state index contributed by atoms with van der Waals surface area (Å²) in [5, 5.41) is 0.588. The van der Waals surface area contributed by atoms with Crippen LogP contribution in [0.1, 0.15) is 31.8 Å². The topological polar surface area (TPSA) is 66.4 Å². The van der Waals surface area contributed by atoms with E-state index >= 15 is 0 Å². The lowest BCUT2D eigenvalue weighted by Crippen LogP contribution is -2.51. The van der Waals surface area contributed by atoms with Crippen LogP contribution < -0.4 is 0 Å². The van der Waals surface area contributed by atoms with Gasteiger partial charge in [0.15, 0.2) is 5.66 Å². The first-order valence-corrected chi connectivity index (χ1v) is 9.26. The molecule has 1 fully saturated rings. The molecule has 3 aromatic rings. The monoisotopic (exact) mass is 390 g/mol. The molecule has 1 aromatic carbocycles. The fourth-order valence-electron chi connectivity index (χ4n) is 4.26. The number of halogens is 1. The van der Waals surface area contributed by atoms with E-state index in [0.29, 0.717) is 34.8 Å². The van der Waals surface area contributed by atoms with Crippen LogP contribution >= 0.6 is 11.6 Å². The first-order chi connectivity index (χ1) is 13.6. The van der Waals surface area contributed by atoms with Crippen LogP contribution in [0.3, 0.4) is 0 Å². The van der Waals surface area contributed by atoms with Gasteiger partial charge in [0.2, 0.25) is 0 Å². The molecule has 0 saturated carbocycles. The van der Waals surface area contributed by atoms with Crippen molar-refractivity contribution in [3.05, 3.63) is 94.5 Å². The predicted octanol–water partition coefficient (Wildman–Crippen LogP) is 2.94. The Kier molecular flexibility index (Phi) is 3.70. The first kappa shape index (κ1) is 16.9. The van der Waals surface area contributed by atoms with Gasteiger partial charge in [-0.15, -0.1) is 0 Å². The number of nitrogens with zero attached hydrogens (tertiary/aromatic N) is 4. The number of hydrogen-bond acceptors (Lipinski definition) is 4. The van der Waals surface area contributed by atoms with Gasteiger partial charge in [0.1, 0.15) is 0 Å². The average molecular weight is 391 g/mol. The van der Waals surface area contributed by atoms with Crippen LogP contribution in [0.4, 0.5) is 0 Å². The van der Waals surface area contributed by atoms with Gasteiger partial charge in [-0.05, 0) is 30.3 Å². The molecular formula is C21H15ClN4O2. The minimum absolute atomic E-state index is 0.103. The quantitative estimate of drug-likeness (QED) is 0.674. The summed E-state index contributed by atoms with van der Waals surface area (Å²) < 4.78 is 0. The highest BCUT2D eigenvalue weighted by Crippen LogP contribution is 2.49. The second-order valence-electron chi connectivity index (χ2n) is 6.76. The molecule has 7 heteroatoms. The van der Waals surface area contributed by atoms with Crippen molar-refractivity contribution in [2.45, 2.75) is 5.66 Å². The molecule has 5 rings (SSSR count). The van der Waals surface area contributed by atoms with E-state index in [1.54, 1.807) is 64.9 Å². The van der Waals surface area contributed by atoms with Crippen molar-refractivity contribution in [3.8, 4) is 0 Å². The van der Waals surface area contributed by atoms with E-state index < -0.39 is 5.66 Å². The van der Waals surface area contributed by atoms with Gasteiger partial charge in [-0.2, -0.15) is 0 Å². The number of carbonyl (C=O) groups excluding carboxylic acids is 2. The summed E-state index contributed by atoms with van der Waals surface area (Å²) in [7, 11) is 0. The van der Waals surface area contributed by atoms with E-state index in [1.807, 2.05) is 12.1 Å². The Morgan fingerprint density at radius 1 is 1.00 bits per heavy atom. The van der Waals surface area contributed by atoms with Crippen molar-refractivity contribution in [1.29, 1.82) is 0 Å². The Hall–Kier alpha value is -3.25. The van der Waals surface area contributed by atoms with Gasteiger partial charge in [0.05, 0.1) is 11.1 Å². The van der Waals surface area contributed by atoms with Gasteiger partial charge in [0, 0.05) is 54.0 Å². The van der Waals surface area contributed by atoms with Crippen LogP contribution in [0.25, 0.3) is 0 Å².